The lowest BCUT2D eigenvalue weighted by atomic mass is 9.88. The van der Waals surface area contributed by atoms with Crippen molar-refractivity contribution >= 4 is 63.2 Å². The van der Waals surface area contributed by atoms with E-state index in [0.29, 0.717) is 75.9 Å². The number of aliphatic carboxylic acids is 1. The third-order valence-electron chi connectivity index (χ3n) is 8.55. The SMILES string of the molecule is CCCCCC(=O)N(NC(=O)[C@@]1(CCCCC(=O)O)SC[C@@H]2NC(=O)N[C@@H]21)c1c(C)oc2c(C)c3oc(=O)cc(C)c3cc12. The van der Waals surface area contributed by atoms with Crippen LogP contribution in [-0.4, -0.2) is 51.5 Å². The average molecular weight is 627 g/mol. The Balaban J connectivity index is 1.58. The van der Waals surface area contributed by atoms with Crippen LogP contribution in [0.25, 0.3) is 21.9 Å². The number of carbonyl (C=O) groups is 4. The molecule has 0 radical (unpaired) electrons. The van der Waals surface area contributed by atoms with Gasteiger partial charge in [0.2, 0.25) is 5.91 Å². The molecule has 4 heterocycles. The number of hydrazine groups is 1. The van der Waals surface area contributed by atoms with Gasteiger partial charge in [-0.25, -0.2) is 14.6 Å². The number of hydrogen-bond acceptors (Lipinski definition) is 8. The fourth-order valence-electron chi connectivity index (χ4n) is 6.30. The summed E-state index contributed by atoms with van der Waals surface area (Å²) < 4.78 is 10.5. The number of carboxylic acid groups (broad SMARTS) is 1. The van der Waals surface area contributed by atoms with Gasteiger partial charge in [0.25, 0.3) is 5.91 Å². The van der Waals surface area contributed by atoms with Crippen LogP contribution >= 0.6 is 11.8 Å². The summed E-state index contributed by atoms with van der Waals surface area (Å²) in [6, 6.07) is 2.03. The van der Waals surface area contributed by atoms with Gasteiger partial charge in [-0.05, 0) is 51.7 Å². The Bertz CT molecular complexity index is 1700. The molecule has 2 saturated heterocycles. The molecule has 2 aliphatic rings. The molecule has 2 aliphatic heterocycles. The number of carboxylic acids is 1. The standard InChI is InChI=1S/C31H38N4O8S/c1-5-6-7-10-22(36)35(25-18(4)42-27-17(3)26-19(14-20(25)27)16(2)13-24(39)43-26)34-29(40)31(12-9-8-11-23(37)38)28-21(15-44-31)32-30(41)33-28/h13-14,21,28H,5-12,15H2,1-4H3,(H,34,40)(H,37,38)(H2,32,33,41)/t21-,28-,31-/m0/s1. The van der Waals surface area contributed by atoms with Crippen molar-refractivity contribution in [1.29, 1.82) is 0 Å². The second-order valence-electron chi connectivity index (χ2n) is 11.6. The van der Waals surface area contributed by atoms with Crippen molar-refractivity contribution in [3.8, 4) is 0 Å². The van der Waals surface area contributed by atoms with E-state index < -0.39 is 28.3 Å². The molecular formula is C31H38N4O8S. The maximum Gasteiger partial charge on any atom is 0.336 e. The molecule has 44 heavy (non-hydrogen) atoms. The largest absolute Gasteiger partial charge is 0.481 e. The molecule has 4 N–H and O–H groups in total. The molecule has 3 aromatic rings. The van der Waals surface area contributed by atoms with E-state index in [1.165, 1.54) is 22.8 Å². The van der Waals surface area contributed by atoms with Crippen LogP contribution in [0, 0.1) is 20.8 Å². The van der Waals surface area contributed by atoms with E-state index >= 15 is 0 Å². The molecule has 0 aliphatic carbocycles. The smallest absolute Gasteiger partial charge is 0.336 e. The molecule has 0 unspecified atom stereocenters. The van der Waals surface area contributed by atoms with E-state index in [-0.39, 0.29) is 30.8 Å². The molecule has 236 valence electrons. The van der Waals surface area contributed by atoms with Crippen LogP contribution in [0.2, 0.25) is 0 Å². The van der Waals surface area contributed by atoms with Crippen LogP contribution in [0.1, 0.15) is 75.2 Å². The molecule has 0 bridgehead atoms. The second-order valence-corrected chi connectivity index (χ2v) is 13.0. The van der Waals surface area contributed by atoms with Gasteiger partial charge in [-0.1, -0.05) is 26.2 Å². The number of benzene rings is 1. The van der Waals surface area contributed by atoms with Crippen molar-refractivity contribution in [2.24, 2.45) is 0 Å². The van der Waals surface area contributed by atoms with Crippen LogP contribution in [0.3, 0.4) is 0 Å². The summed E-state index contributed by atoms with van der Waals surface area (Å²) in [5.41, 5.74) is 4.97. The van der Waals surface area contributed by atoms with E-state index in [9.17, 15) is 24.0 Å². The Morgan fingerprint density at radius 3 is 2.48 bits per heavy atom. The summed E-state index contributed by atoms with van der Waals surface area (Å²) in [6.07, 6.45) is 3.66. The predicted molar refractivity (Wildman–Crippen MR) is 167 cm³/mol. The number of unbranched alkanes of at least 4 members (excludes halogenated alkanes) is 3. The maximum absolute atomic E-state index is 14.4. The lowest BCUT2D eigenvalue weighted by Crippen LogP contribution is -2.60. The Labute approximate surface area is 258 Å². The number of nitrogens with zero attached hydrogens (tertiary/aromatic N) is 1. The number of aryl methyl sites for hydroxylation is 3. The minimum Gasteiger partial charge on any atom is -0.481 e. The summed E-state index contributed by atoms with van der Waals surface area (Å²) in [7, 11) is 0. The first-order valence-electron chi connectivity index (χ1n) is 15.0. The van der Waals surface area contributed by atoms with Crippen LogP contribution in [0.5, 0.6) is 0 Å². The van der Waals surface area contributed by atoms with Gasteiger partial charge in [0.15, 0.2) is 0 Å². The molecular weight excluding hydrogens is 588 g/mol. The number of urea groups is 1. The summed E-state index contributed by atoms with van der Waals surface area (Å²) in [5.74, 6) is -0.804. The summed E-state index contributed by atoms with van der Waals surface area (Å²) in [4.78, 5) is 63.9. The van der Waals surface area contributed by atoms with Crippen LogP contribution in [-0.2, 0) is 14.4 Å². The third kappa shape index (κ3) is 5.76. The molecule has 12 nitrogen and oxygen atoms in total. The highest BCUT2D eigenvalue weighted by Crippen LogP contribution is 2.45. The van der Waals surface area contributed by atoms with Gasteiger partial charge in [-0.2, -0.15) is 0 Å². The topological polar surface area (TPSA) is 171 Å². The molecule has 5 rings (SSSR count). The van der Waals surface area contributed by atoms with E-state index in [2.05, 4.69) is 16.1 Å². The number of furan rings is 1. The van der Waals surface area contributed by atoms with Crippen molar-refractivity contribution in [1.82, 2.24) is 16.1 Å². The fourth-order valence-corrected chi connectivity index (χ4v) is 7.92. The average Bonchev–Trinajstić information content (AvgIpc) is 3.61. The molecule has 1 aromatic carbocycles. The number of rotatable bonds is 11. The molecule has 2 fully saturated rings. The van der Waals surface area contributed by atoms with E-state index in [1.54, 1.807) is 20.8 Å². The van der Waals surface area contributed by atoms with Crippen molar-refractivity contribution in [2.75, 3.05) is 10.8 Å². The highest BCUT2D eigenvalue weighted by molar-refractivity contribution is 8.01. The first kappa shape index (κ1) is 31.4. The summed E-state index contributed by atoms with van der Waals surface area (Å²) >= 11 is 1.40. The van der Waals surface area contributed by atoms with E-state index in [0.717, 1.165) is 12.8 Å². The monoisotopic (exact) mass is 626 g/mol. The Hall–Kier alpha value is -4.00. The number of anilines is 1. The van der Waals surface area contributed by atoms with E-state index in [4.69, 9.17) is 13.9 Å². The van der Waals surface area contributed by atoms with Crippen molar-refractivity contribution in [3.63, 3.8) is 0 Å². The van der Waals surface area contributed by atoms with Gasteiger partial charge in [0.05, 0.1) is 12.1 Å². The van der Waals surface area contributed by atoms with Crippen LogP contribution < -0.4 is 26.7 Å². The predicted octanol–water partition coefficient (Wildman–Crippen LogP) is 4.59. The van der Waals surface area contributed by atoms with Crippen molar-refractivity contribution in [3.05, 3.63) is 39.4 Å². The number of fused-ring (bicyclic) bond motifs is 3. The zero-order valence-corrected chi connectivity index (χ0v) is 26.2. The molecule has 4 amide bonds. The Morgan fingerprint density at radius 1 is 1.02 bits per heavy atom. The highest BCUT2D eigenvalue weighted by Gasteiger charge is 2.58. The molecule has 0 saturated carbocycles. The quantitative estimate of drug-likeness (QED) is 0.103. The van der Waals surface area contributed by atoms with Gasteiger partial charge in [-0.3, -0.25) is 19.8 Å². The van der Waals surface area contributed by atoms with Gasteiger partial charge < -0.3 is 24.6 Å². The normalized spacial score (nSPS) is 20.9. The zero-order chi connectivity index (χ0) is 31.8. The number of carbonyl (C=O) groups excluding carboxylic acids is 3. The van der Waals surface area contributed by atoms with Crippen molar-refractivity contribution in [2.45, 2.75) is 95.9 Å². The minimum absolute atomic E-state index is 0.0316. The number of nitrogens with one attached hydrogen (secondary N) is 3. The first-order valence-corrected chi connectivity index (χ1v) is 16.0. The molecule has 0 spiro atoms. The van der Waals surface area contributed by atoms with Gasteiger partial charge in [-0.15, -0.1) is 11.8 Å². The third-order valence-corrected chi connectivity index (χ3v) is 10.2. The number of amides is 4. The molecule has 2 aromatic heterocycles. The zero-order valence-electron chi connectivity index (χ0n) is 25.3. The fraction of sp³-hybridized carbons (Fsp3) is 0.516. The van der Waals surface area contributed by atoms with E-state index in [1.807, 2.05) is 13.0 Å². The van der Waals surface area contributed by atoms with Gasteiger partial charge in [0, 0.05) is 41.0 Å². The molecule has 3 atom stereocenters. The lowest BCUT2D eigenvalue weighted by molar-refractivity contribution is -0.137. The summed E-state index contributed by atoms with van der Waals surface area (Å²) in [5, 5.41) is 17.4. The van der Waals surface area contributed by atoms with Crippen LogP contribution in [0.15, 0.2) is 25.8 Å². The molecule has 13 heteroatoms. The van der Waals surface area contributed by atoms with Crippen LogP contribution in [0.4, 0.5) is 10.5 Å². The first-order chi connectivity index (χ1) is 21.0. The lowest BCUT2D eigenvalue weighted by Gasteiger charge is -2.35. The van der Waals surface area contributed by atoms with Gasteiger partial charge in [0.1, 0.15) is 27.4 Å². The van der Waals surface area contributed by atoms with Crippen molar-refractivity contribution < 1.29 is 33.1 Å². The Morgan fingerprint density at radius 2 is 1.75 bits per heavy atom. The number of hydrogen-bond donors (Lipinski definition) is 4. The summed E-state index contributed by atoms with van der Waals surface area (Å²) in [6.45, 7) is 7.34. The maximum atomic E-state index is 14.4. The Kier molecular flexibility index (Phi) is 8.96. The highest BCUT2D eigenvalue weighted by atomic mass is 32.2. The second kappa shape index (κ2) is 12.5. The van der Waals surface area contributed by atoms with Gasteiger partial charge >= 0.3 is 17.6 Å². The number of thioether (sulfide) groups is 1. The minimum atomic E-state index is -1.14.